The van der Waals surface area contributed by atoms with Crippen molar-refractivity contribution in [2.24, 2.45) is 10.7 Å². The summed E-state index contributed by atoms with van der Waals surface area (Å²) >= 11 is 6.04. The lowest BCUT2D eigenvalue weighted by atomic mass is 9.89. The SMILES string of the molecule is C/C(C=NCc1ccc(CNC(=O)c2cncc(N3CC[C@]4(C3)OC(=O)Nc3ccc(Cl)c(F)c34)n2)cc1)=C/N. The van der Waals surface area contributed by atoms with Gasteiger partial charge in [0.1, 0.15) is 11.5 Å². The van der Waals surface area contributed by atoms with Gasteiger partial charge in [-0.25, -0.2) is 14.2 Å². The molecule has 12 heteroatoms. The Morgan fingerprint density at radius 2 is 2.05 bits per heavy atom. The van der Waals surface area contributed by atoms with Crippen LogP contribution in [0.1, 0.15) is 40.5 Å². The Kier molecular flexibility index (Phi) is 7.65. The number of nitrogens with zero attached hydrogens (tertiary/aromatic N) is 4. The lowest BCUT2D eigenvalue weighted by Crippen LogP contribution is -2.42. The number of hydrogen-bond donors (Lipinski definition) is 3. The van der Waals surface area contributed by atoms with Gasteiger partial charge in [-0.05, 0) is 42.0 Å². The predicted octanol–water partition coefficient (Wildman–Crippen LogP) is 4.30. The molecule has 10 nitrogen and oxygen atoms in total. The molecule has 0 radical (unpaired) electrons. The lowest BCUT2D eigenvalue weighted by Gasteiger charge is -2.35. The molecule has 3 heterocycles. The molecule has 3 aromatic rings. The molecular weight excluding hydrogens is 537 g/mol. The topological polar surface area (TPSA) is 135 Å². The number of nitrogens with two attached hydrogens (primary N) is 1. The normalized spacial score (nSPS) is 18.5. The Morgan fingerprint density at radius 1 is 1.27 bits per heavy atom. The molecule has 4 N–H and O–H groups in total. The number of fused-ring (bicyclic) bond motifs is 2. The monoisotopic (exact) mass is 563 g/mol. The van der Waals surface area contributed by atoms with E-state index in [0.29, 0.717) is 37.6 Å². The Labute approximate surface area is 235 Å². The first-order chi connectivity index (χ1) is 19.3. The second-order valence-electron chi connectivity index (χ2n) is 9.61. The third-order valence-corrected chi connectivity index (χ3v) is 7.09. The van der Waals surface area contributed by atoms with Gasteiger partial charge >= 0.3 is 6.09 Å². The second kappa shape index (κ2) is 11.3. The molecule has 1 aromatic heterocycles. The summed E-state index contributed by atoms with van der Waals surface area (Å²) in [5.41, 5.74) is 7.66. The third kappa shape index (κ3) is 5.59. The predicted molar refractivity (Wildman–Crippen MR) is 150 cm³/mol. The van der Waals surface area contributed by atoms with E-state index in [1.807, 2.05) is 31.2 Å². The zero-order valence-corrected chi connectivity index (χ0v) is 22.4. The number of rotatable bonds is 7. The number of anilines is 2. The highest BCUT2D eigenvalue weighted by Crippen LogP contribution is 2.46. The van der Waals surface area contributed by atoms with E-state index in [1.54, 1.807) is 17.2 Å². The number of hydrogen-bond acceptors (Lipinski definition) is 8. The van der Waals surface area contributed by atoms with Crippen LogP contribution in [0.2, 0.25) is 5.02 Å². The van der Waals surface area contributed by atoms with Gasteiger partial charge in [0.05, 0.1) is 41.8 Å². The number of halogens is 2. The van der Waals surface area contributed by atoms with Gasteiger partial charge in [0, 0.05) is 25.7 Å². The number of amides is 2. The molecule has 40 heavy (non-hydrogen) atoms. The summed E-state index contributed by atoms with van der Waals surface area (Å²) in [6, 6.07) is 10.7. The van der Waals surface area contributed by atoms with Crippen molar-refractivity contribution in [2.75, 3.05) is 23.3 Å². The van der Waals surface area contributed by atoms with Gasteiger partial charge in [-0.3, -0.25) is 20.1 Å². The van der Waals surface area contributed by atoms with Gasteiger partial charge in [0.15, 0.2) is 11.4 Å². The van der Waals surface area contributed by atoms with E-state index in [0.717, 1.165) is 16.7 Å². The van der Waals surface area contributed by atoms with Crippen LogP contribution in [-0.4, -0.2) is 41.3 Å². The van der Waals surface area contributed by atoms with Gasteiger partial charge in [0.25, 0.3) is 5.91 Å². The summed E-state index contributed by atoms with van der Waals surface area (Å²) in [7, 11) is 0. The number of nitrogens with one attached hydrogen (secondary N) is 2. The minimum atomic E-state index is -1.25. The van der Waals surface area contributed by atoms with Crippen LogP contribution in [0.4, 0.5) is 20.7 Å². The average molecular weight is 564 g/mol. The quantitative estimate of drug-likeness (QED) is 0.365. The fourth-order valence-corrected chi connectivity index (χ4v) is 4.88. The first kappa shape index (κ1) is 27.1. The van der Waals surface area contributed by atoms with Gasteiger partial charge < -0.3 is 20.7 Å². The van der Waals surface area contributed by atoms with Crippen LogP contribution < -0.4 is 21.3 Å². The lowest BCUT2D eigenvalue weighted by molar-refractivity contribution is 0.0263. The van der Waals surface area contributed by atoms with Crippen LogP contribution in [0.25, 0.3) is 0 Å². The van der Waals surface area contributed by atoms with E-state index >= 15 is 4.39 Å². The highest BCUT2D eigenvalue weighted by molar-refractivity contribution is 6.31. The largest absolute Gasteiger partial charge is 0.436 e. The first-order valence-corrected chi connectivity index (χ1v) is 13.0. The molecule has 1 fully saturated rings. The number of carbonyl (C=O) groups excluding carboxylic acids is 2. The van der Waals surface area contributed by atoms with Gasteiger partial charge in [0.2, 0.25) is 0 Å². The van der Waals surface area contributed by atoms with Gasteiger partial charge in [-0.1, -0.05) is 35.9 Å². The van der Waals surface area contributed by atoms with E-state index < -0.39 is 23.4 Å². The van der Waals surface area contributed by atoms with E-state index in [9.17, 15) is 9.59 Å². The molecule has 206 valence electrons. The van der Waals surface area contributed by atoms with Crippen molar-refractivity contribution < 1.29 is 18.7 Å². The highest BCUT2D eigenvalue weighted by Gasteiger charge is 2.50. The third-order valence-electron chi connectivity index (χ3n) is 6.79. The molecule has 2 amide bonds. The van der Waals surface area contributed by atoms with Crippen molar-refractivity contribution in [1.29, 1.82) is 0 Å². The maximum Gasteiger partial charge on any atom is 0.412 e. The van der Waals surface area contributed by atoms with Crippen molar-refractivity contribution >= 4 is 41.3 Å². The molecule has 0 unspecified atom stereocenters. The maximum absolute atomic E-state index is 15.1. The fourth-order valence-electron chi connectivity index (χ4n) is 4.72. The summed E-state index contributed by atoms with van der Waals surface area (Å²) in [6.45, 7) is 3.23. The van der Waals surface area contributed by atoms with E-state index in [4.69, 9.17) is 22.1 Å². The zero-order valence-electron chi connectivity index (χ0n) is 21.7. The molecule has 0 aliphatic carbocycles. The number of allylic oxidation sites excluding steroid dienone is 1. The fraction of sp³-hybridized carbons (Fsp3) is 0.250. The van der Waals surface area contributed by atoms with Crippen LogP contribution in [0, 0.1) is 5.82 Å². The summed E-state index contributed by atoms with van der Waals surface area (Å²) in [5, 5.41) is 5.32. The molecule has 5 rings (SSSR count). The number of aromatic nitrogens is 2. The number of carbonyl (C=O) groups is 2. The Bertz CT molecular complexity index is 1510. The number of ether oxygens (including phenoxy) is 1. The van der Waals surface area contributed by atoms with Crippen LogP contribution in [0.3, 0.4) is 0 Å². The van der Waals surface area contributed by atoms with Crippen molar-refractivity contribution in [3.63, 3.8) is 0 Å². The smallest absolute Gasteiger partial charge is 0.412 e. The zero-order chi connectivity index (χ0) is 28.3. The summed E-state index contributed by atoms with van der Waals surface area (Å²) in [5.74, 6) is -0.620. The second-order valence-corrected chi connectivity index (χ2v) is 10.0. The molecule has 2 aliphatic heterocycles. The molecular formula is C28H27ClFN7O3. The van der Waals surface area contributed by atoms with Gasteiger partial charge in [-0.2, -0.15) is 0 Å². The van der Waals surface area contributed by atoms with Gasteiger partial charge in [-0.15, -0.1) is 0 Å². The summed E-state index contributed by atoms with van der Waals surface area (Å²) in [4.78, 5) is 39.9. The minimum absolute atomic E-state index is 0.0621. The van der Waals surface area contributed by atoms with Crippen LogP contribution in [0.5, 0.6) is 0 Å². The highest BCUT2D eigenvalue weighted by atomic mass is 35.5. The summed E-state index contributed by atoms with van der Waals surface area (Å²) < 4.78 is 20.7. The molecule has 1 atom stereocenters. The van der Waals surface area contributed by atoms with Crippen LogP contribution >= 0.6 is 11.6 Å². The van der Waals surface area contributed by atoms with E-state index in [-0.39, 0.29) is 22.8 Å². The molecule has 2 aliphatic rings. The number of aliphatic imine (C=N–C) groups is 1. The van der Waals surface area contributed by atoms with Crippen molar-refractivity contribution in [2.45, 2.75) is 32.0 Å². The van der Waals surface area contributed by atoms with E-state index in [1.165, 1.54) is 24.7 Å². The first-order valence-electron chi connectivity index (χ1n) is 12.6. The van der Waals surface area contributed by atoms with E-state index in [2.05, 4.69) is 25.6 Å². The van der Waals surface area contributed by atoms with Crippen LogP contribution in [-0.2, 0) is 23.4 Å². The average Bonchev–Trinajstić information content (AvgIpc) is 3.37. The molecule has 1 saturated heterocycles. The number of benzene rings is 2. The molecule has 0 saturated carbocycles. The minimum Gasteiger partial charge on any atom is -0.436 e. The van der Waals surface area contributed by atoms with Crippen LogP contribution in [0.15, 0.2) is 65.6 Å². The molecule has 0 bridgehead atoms. The Morgan fingerprint density at radius 3 is 2.83 bits per heavy atom. The van der Waals surface area contributed by atoms with Crippen molar-refractivity contribution in [3.8, 4) is 0 Å². The Balaban J connectivity index is 1.24. The standard InChI is InChI=1S/C28H27ClFN7O3/c1-17(10-31)11-32-12-18-2-4-19(5-3-18)13-34-26(38)22-14-33-15-23(35-22)37-9-8-28(16-37)24-21(36-27(39)40-28)7-6-20(29)25(24)30/h2-7,10-11,14-15H,8-9,12-13,16,31H2,1H3,(H,34,38)(H,36,39)/b17-10-,32-11?/t28-/m1/s1. The summed E-state index contributed by atoms with van der Waals surface area (Å²) in [6.07, 6.45) is 5.75. The molecule has 2 aromatic carbocycles. The Hall–Kier alpha value is -4.51. The molecule has 1 spiro atoms. The van der Waals surface area contributed by atoms with Crippen molar-refractivity contribution in [1.82, 2.24) is 15.3 Å². The maximum atomic E-state index is 15.1. The van der Waals surface area contributed by atoms with Crippen molar-refractivity contribution in [3.05, 3.63) is 93.8 Å².